The summed E-state index contributed by atoms with van der Waals surface area (Å²) in [6.45, 7) is 6.33. The van der Waals surface area contributed by atoms with Crippen LogP contribution in [0, 0.1) is 0 Å². The van der Waals surface area contributed by atoms with Crippen molar-refractivity contribution in [3.63, 3.8) is 0 Å². The normalized spacial score (nSPS) is 17.9. The summed E-state index contributed by atoms with van der Waals surface area (Å²) in [5.74, 6) is 0. The Bertz CT molecular complexity index is 2840. The van der Waals surface area contributed by atoms with E-state index in [1.807, 2.05) is 6.08 Å². The van der Waals surface area contributed by atoms with E-state index in [-0.39, 0.29) is 0 Å². The molecule has 0 amide bonds. The van der Waals surface area contributed by atoms with Gasteiger partial charge in [-0.15, -0.1) is 0 Å². The molecule has 2 heteroatoms. The Kier molecular flexibility index (Phi) is 6.46. The Morgan fingerprint density at radius 1 is 0.698 bits per heavy atom. The summed E-state index contributed by atoms with van der Waals surface area (Å²) in [7, 11) is 0. The van der Waals surface area contributed by atoms with Crippen molar-refractivity contribution in [3.05, 3.63) is 209 Å². The van der Waals surface area contributed by atoms with Crippen molar-refractivity contribution in [2.45, 2.75) is 31.6 Å². The maximum Gasteiger partial charge on any atom is 0.0718 e. The number of hydrogen-bond donors (Lipinski definition) is 0. The molecule has 0 bridgehead atoms. The van der Waals surface area contributed by atoms with E-state index in [0.717, 1.165) is 24.9 Å². The van der Waals surface area contributed by atoms with Crippen LogP contribution in [0.15, 0.2) is 182 Å². The molecule has 53 heavy (non-hydrogen) atoms. The molecule has 1 unspecified atom stereocenters. The van der Waals surface area contributed by atoms with Gasteiger partial charge in [0.25, 0.3) is 0 Å². The lowest BCUT2D eigenvalue weighted by Gasteiger charge is -2.42. The van der Waals surface area contributed by atoms with Crippen LogP contribution in [-0.2, 0) is 11.8 Å². The van der Waals surface area contributed by atoms with Gasteiger partial charge in [-0.3, -0.25) is 0 Å². The van der Waals surface area contributed by atoms with Gasteiger partial charge in [-0.1, -0.05) is 128 Å². The second kappa shape index (κ2) is 11.3. The van der Waals surface area contributed by atoms with Crippen LogP contribution in [0.5, 0.6) is 0 Å². The van der Waals surface area contributed by atoms with Crippen molar-refractivity contribution < 1.29 is 0 Å². The van der Waals surface area contributed by atoms with E-state index in [2.05, 4.69) is 181 Å². The Hall–Kier alpha value is -6.38. The van der Waals surface area contributed by atoms with E-state index >= 15 is 0 Å². The SMILES string of the molecule is C=CC1=C(/C=C\C)Cc2c1cccc2N(c1ccccc1)c1ccc2c(c1)C1(C3=C(C=CCC3)n3c4ccccc4c4cccc1c43)c1ccccc1-2. The van der Waals surface area contributed by atoms with Crippen molar-refractivity contribution in [1.29, 1.82) is 0 Å². The molecule has 0 fully saturated rings. The van der Waals surface area contributed by atoms with Gasteiger partial charge in [-0.05, 0) is 118 Å². The predicted octanol–water partition coefficient (Wildman–Crippen LogP) is 13.2. The topological polar surface area (TPSA) is 8.17 Å². The van der Waals surface area contributed by atoms with Crippen molar-refractivity contribution >= 4 is 50.1 Å². The van der Waals surface area contributed by atoms with Gasteiger partial charge in [-0.25, -0.2) is 0 Å². The Morgan fingerprint density at radius 3 is 2.34 bits per heavy atom. The monoisotopic (exact) mass is 678 g/mol. The number of anilines is 3. The molecule has 0 N–H and O–H groups in total. The van der Waals surface area contributed by atoms with Crippen LogP contribution in [0.1, 0.15) is 47.6 Å². The zero-order valence-electron chi connectivity index (χ0n) is 29.8. The first-order valence-electron chi connectivity index (χ1n) is 18.9. The van der Waals surface area contributed by atoms with Gasteiger partial charge in [0, 0.05) is 34.3 Å². The number of allylic oxidation sites excluding steroid dienone is 9. The Balaban J connectivity index is 1.22. The number of nitrogens with zero attached hydrogens (tertiary/aromatic N) is 2. The highest BCUT2D eigenvalue weighted by Crippen LogP contribution is 2.63. The van der Waals surface area contributed by atoms with Gasteiger partial charge in [0.15, 0.2) is 0 Å². The fourth-order valence-electron chi connectivity index (χ4n) is 10.3. The average Bonchev–Trinajstić information content (AvgIpc) is 3.85. The van der Waals surface area contributed by atoms with Gasteiger partial charge in [0.2, 0.25) is 0 Å². The number of aromatic nitrogens is 1. The molecular formula is C51H38N2. The molecule has 2 heterocycles. The number of hydrogen-bond acceptors (Lipinski definition) is 1. The van der Waals surface area contributed by atoms with Gasteiger partial charge in [-0.2, -0.15) is 0 Å². The van der Waals surface area contributed by atoms with E-state index in [1.54, 1.807) is 0 Å². The molecule has 1 atom stereocenters. The summed E-state index contributed by atoms with van der Waals surface area (Å²) in [6.07, 6.45) is 14.1. The molecule has 4 aliphatic rings. The van der Waals surface area contributed by atoms with Crippen molar-refractivity contribution in [1.82, 2.24) is 4.57 Å². The fourth-order valence-corrected chi connectivity index (χ4v) is 10.3. The minimum Gasteiger partial charge on any atom is -0.310 e. The molecule has 11 rings (SSSR count). The van der Waals surface area contributed by atoms with Crippen LogP contribution in [-0.4, -0.2) is 4.57 Å². The minimum absolute atomic E-state index is 0.427. The third-order valence-corrected chi connectivity index (χ3v) is 12.2. The first kappa shape index (κ1) is 30.3. The van der Waals surface area contributed by atoms with Gasteiger partial charge in [0.05, 0.1) is 22.1 Å². The summed E-state index contributed by atoms with van der Waals surface area (Å²) in [4.78, 5) is 2.49. The van der Waals surface area contributed by atoms with E-state index in [1.165, 1.54) is 94.5 Å². The highest BCUT2D eigenvalue weighted by molar-refractivity contribution is 6.14. The van der Waals surface area contributed by atoms with Gasteiger partial charge >= 0.3 is 0 Å². The van der Waals surface area contributed by atoms with Crippen LogP contribution < -0.4 is 4.90 Å². The molecule has 1 aliphatic heterocycles. The largest absolute Gasteiger partial charge is 0.310 e. The molecule has 0 saturated carbocycles. The Morgan fingerprint density at radius 2 is 1.45 bits per heavy atom. The molecule has 7 aromatic rings. The van der Waals surface area contributed by atoms with Crippen molar-refractivity contribution in [2.24, 2.45) is 0 Å². The third kappa shape index (κ3) is 3.93. The molecule has 2 nitrogen and oxygen atoms in total. The van der Waals surface area contributed by atoms with E-state index in [9.17, 15) is 0 Å². The maximum atomic E-state index is 4.23. The number of benzene rings is 6. The molecule has 252 valence electrons. The summed E-state index contributed by atoms with van der Waals surface area (Å²) < 4.78 is 2.57. The van der Waals surface area contributed by atoms with Gasteiger partial charge < -0.3 is 9.47 Å². The Labute approximate surface area is 310 Å². The smallest absolute Gasteiger partial charge is 0.0718 e. The lowest BCUT2D eigenvalue weighted by atomic mass is 9.63. The van der Waals surface area contributed by atoms with Crippen LogP contribution in [0.2, 0.25) is 0 Å². The third-order valence-electron chi connectivity index (χ3n) is 12.2. The summed E-state index contributed by atoms with van der Waals surface area (Å²) in [6, 6.07) is 50.1. The quantitative estimate of drug-likeness (QED) is 0.176. The number of rotatable bonds is 5. The zero-order valence-corrected chi connectivity index (χ0v) is 29.8. The lowest BCUT2D eigenvalue weighted by Crippen LogP contribution is -2.35. The summed E-state index contributed by atoms with van der Waals surface area (Å²) >= 11 is 0. The van der Waals surface area contributed by atoms with Crippen LogP contribution >= 0.6 is 0 Å². The predicted molar refractivity (Wildman–Crippen MR) is 223 cm³/mol. The minimum atomic E-state index is -0.427. The van der Waals surface area contributed by atoms with E-state index < -0.39 is 5.41 Å². The molecule has 0 radical (unpaired) electrons. The lowest BCUT2D eigenvalue weighted by molar-refractivity contribution is 0.683. The standard InChI is InChI=1S/C51H38N2/c1-3-16-33-31-42-37(36(33)4-2)21-15-28-48(42)52(34-17-6-5-7-18-34)35-29-30-39-38-19-8-10-23-43(38)51(46(39)32-35)44-24-11-13-27-49(44)53-47-26-12-9-20-40(47)41-22-14-25-45(51)50(41)53/h3-10,12-23,25-30,32H,2,11,24,31H2,1H3/b16-3-. The second-order valence-electron chi connectivity index (χ2n) is 14.7. The second-order valence-corrected chi connectivity index (χ2v) is 14.7. The van der Waals surface area contributed by atoms with Crippen molar-refractivity contribution in [2.75, 3.05) is 4.90 Å². The zero-order chi connectivity index (χ0) is 35.3. The molecule has 0 saturated heterocycles. The summed E-state index contributed by atoms with van der Waals surface area (Å²) in [5.41, 5.74) is 20.5. The first-order valence-corrected chi connectivity index (χ1v) is 18.9. The van der Waals surface area contributed by atoms with E-state index in [0.29, 0.717) is 0 Å². The average molecular weight is 679 g/mol. The highest BCUT2D eigenvalue weighted by atomic mass is 15.1. The highest BCUT2D eigenvalue weighted by Gasteiger charge is 2.52. The maximum absolute atomic E-state index is 4.23. The van der Waals surface area contributed by atoms with Crippen LogP contribution in [0.4, 0.5) is 17.1 Å². The fraction of sp³-hybridized carbons (Fsp3) is 0.0980. The summed E-state index contributed by atoms with van der Waals surface area (Å²) in [5, 5.41) is 2.63. The first-order chi connectivity index (χ1) is 26.2. The van der Waals surface area contributed by atoms with Gasteiger partial charge in [0.1, 0.15) is 0 Å². The molecule has 1 spiro atoms. The van der Waals surface area contributed by atoms with Crippen LogP contribution in [0.25, 0.3) is 44.2 Å². The number of para-hydroxylation sites is 3. The molecule has 1 aromatic heterocycles. The molecule has 6 aromatic carbocycles. The molecule has 3 aliphatic carbocycles. The number of fused-ring (bicyclic) bond motifs is 12. The molecular weight excluding hydrogens is 641 g/mol. The van der Waals surface area contributed by atoms with Crippen LogP contribution in [0.3, 0.4) is 0 Å². The van der Waals surface area contributed by atoms with E-state index in [4.69, 9.17) is 0 Å². The van der Waals surface area contributed by atoms with Crippen molar-refractivity contribution in [3.8, 4) is 11.1 Å².